The number of benzene rings is 1. The van der Waals surface area contributed by atoms with E-state index >= 15 is 0 Å². The van der Waals surface area contributed by atoms with E-state index in [-0.39, 0.29) is 5.41 Å². The van der Waals surface area contributed by atoms with Gasteiger partial charge in [-0.3, -0.25) is 4.90 Å². The Morgan fingerprint density at radius 1 is 1.16 bits per heavy atom. The molecule has 0 radical (unpaired) electrons. The zero-order chi connectivity index (χ0) is 14.0. The summed E-state index contributed by atoms with van der Waals surface area (Å²) < 4.78 is 0. The lowest BCUT2D eigenvalue weighted by Gasteiger charge is -2.43. The van der Waals surface area contributed by atoms with E-state index in [0.29, 0.717) is 11.1 Å². The summed E-state index contributed by atoms with van der Waals surface area (Å²) in [6, 6.07) is 6.17. The van der Waals surface area contributed by atoms with Crippen molar-refractivity contribution in [2.75, 3.05) is 26.2 Å². The van der Waals surface area contributed by atoms with Gasteiger partial charge in [0.2, 0.25) is 0 Å². The van der Waals surface area contributed by atoms with Crippen molar-refractivity contribution in [3.63, 3.8) is 0 Å². The van der Waals surface area contributed by atoms with Gasteiger partial charge in [0, 0.05) is 42.3 Å². The Kier molecular flexibility index (Phi) is 4.78. The molecule has 1 aliphatic heterocycles. The van der Waals surface area contributed by atoms with Crippen LogP contribution >= 0.6 is 23.2 Å². The van der Waals surface area contributed by atoms with Crippen molar-refractivity contribution in [1.29, 1.82) is 0 Å². The molecule has 4 heteroatoms. The maximum Gasteiger partial charge on any atom is 0.0468 e. The van der Waals surface area contributed by atoms with Crippen molar-refractivity contribution in [3.8, 4) is 0 Å². The van der Waals surface area contributed by atoms with E-state index in [1.165, 1.54) is 5.56 Å². The predicted octanol–water partition coefficient (Wildman–Crippen LogP) is 3.99. The van der Waals surface area contributed by atoms with Crippen LogP contribution in [0.25, 0.3) is 0 Å². The van der Waals surface area contributed by atoms with Gasteiger partial charge in [-0.05, 0) is 23.1 Å². The minimum absolute atomic E-state index is 0.134. The quantitative estimate of drug-likeness (QED) is 0.888. The summed E-state index contributed by atoms with van der Waals surface area (Å²) in [5.74, 6) is 0. The number of hydrogen-bond donors (Lipinski definition) is 1. The standard InChI is InChI=1S/C15H22Cl2N2/c1-15(2,3)14(19-8-6-18-7-9-19)12-5-4-11(16)10-13(12)17/h4-5,10,14,18H,6-9H2,1-3H3/t14-/m0/s1. The Balaban J connectivity index is 2.36. The van der Waals surface area contributed by atoms with Gasteiger partial charge < -0.3 is 5.32 Å². The molecule has 0 aliphatic carbocycles. The van der Waals surface area contributed by atoms with Crippen molar-refractivity contribution in [1.82, 2.24) is 10.2 Å². The van der Waals surface area contributed by atoms with E-state index in [2.05, 4.69) is 37.1 Å². The minimum Gasteiger partial charge on any atom is -0.314 e. The zero-order valence-electron chi connectivity index (χ0n) is 11.8. The minimum atomic E-state index is 0.134. The molecule has 106 valence electrons. The molecular formula is C15H22Cl2N2. The molecule has 0 aromatic heterocycles. The maximum atomic E-state index is 6.42. The molecular weight excluding hydrogens is 279 g/mol. The molecule has 19 heavy (non-hydrogen) atoms. The van der Waals surface area contributed by atoms with Crippen LogP contribution < -0.4 is 5.32 Å². The predicted molar refractivity (Wildman–Crippen MR) is 83.1 cm³/mol. The fraction of sp³-hybridized carbons (Fsp3) is 0.600. The molecule has 1 heterocycles. The fourth-order valence-corrected chi connectivity index (χ4v) is 3.39. The number of nitrogens with zero attached hydrogens (tertiary/aromatic N) is 1. The first-order chi connectivity index (χ1) is 8.89. The van der Waals surface area contributed by atoms with Gasteiger partial charge in [-0.1, -0.05) is 50.0 Å². The topological polar surface area (TPSA) is 15.3 Å². The number of hydrogen-bond acceptors (Lipinski definition) is 2. The monoisotopic (exact) mass is 300 g/mol. The Labute approximate surface area is 126 Å². The summed E-state index contributed by atoms with van der Waals surface area (Å²) in [4.78, 5) is 2.52. The van der Waals surface area contributed by atoms with Gasteiger partial charge in [0.15, 0.2) is 0 Å². The number of piperazine rings is 1. The van der Waals surface area contributed by atoms with Crippen LogP contribution in [0, 0.1) is 5.41 Å². The zero-order valence-corrected chi connectivity index (χ0v) is 13.4. The first-order valence-electron chi connectivity index (χ1n) is 6.79. The van der Waals surface area contributed by atoms with Crippen LogP contribution in [0.3, 0.4) is 0 Å². The van der Waals surface area contributed by atoms with E-state index in [1.807, 2.05) is 12.1 Å². The van der Waals surface area contributed by atoms with E-state index < -0.39 is 0 Å². The highest BCUT2D eigenvalue weighted by Crippen LogP contribution is 2.41. The third-order valence-electron chi connectivity index (χ3n) is 3.59. The molecule has 2 rings (SSSR count). The van der Waals surface area contributed by atoms with Crippen molar-refractivity contribution in [2.45, 2.75) is 26.8 Å². The molecule has 1 aromatic carbocycles. The smallest absolute Gasteiger partial charge is 0.0468 e. The first kappa shape index (κ1) is 15.1. The highest BCUT2D eigenvalue weighted by atomic mass is 35.5. The second-order valence-corrected chi connectivity index (χ2v) is 7.06. The van der Waals surface area contributed by atoms with Gasteiger partial charge in [-0.25, -0.2) is 0 Å². The average Bonchev–Trinajstić information content (AvgIpc) is 2.32. The lowest BCUT2D eigenvalue weighted by atomic mass is 9.81. The second kappa shape index (κ2) is 6.01. The van der Waals surface area contributed by atoms with Gasteiger partial charge in [0.05, 0.1) is 0 Å². The van der Waals surface area contributed by atoms with Gasteiger partial charge in [-0.15, -0.1) is 0 Å². The van der Waals surface area contributed by atoms with E-state index in [4.69, 9.17) is 23.2 Å². The van der Waals surface area contributed by atoms with Gasteiger partial charge in [-0.2, -0.15) is 0 Å². The van der Waals surface area contributed by atoms with Crippen LogP contribution in [0.4, 0.5) is 0 Å². The molecule has 1 atom stereocenters. The molecule has 1 aliphatic rings. The van der Waals surface area contributed by atoms with Crippen LogP contribution in [0.15, 0.2) is 18.2 Å². The third-order valence-corrected chi connectivity index (χ3v) is 4.16. The largest absolute Gasteiger partial charge is 0.314 e. The number of nitrogens with one attached hydrogen (secondary N) is 1. The summed E-state index contributed by atoms with van der Waals surface area (Å²) in [7, 11) is 0. The lowest BCUT2D eigenvalue weighted by molar-refractivity contribution is 0.0863. The van der Waals surface area contributed by atoms with Crippen LogP contribution in [0.5, 0.6) is 0 Å². The molecule has 0 bridgehead atoms. The highest BCUT2D eigenvalue weighted by Gasteiger charge is 2.33. The summed E-state index contributed by atoms with van der Waals surface area (Å²) in [5.41, 5.74) is 1.31. The summed E-state index contributed by atoms with van der Waals surface area (Å²) in [5, 5.41) is 4.87. The summed E-state index contributed by atoms with van der Waals surface area (Å²) >= 11 is 12.4. The van der Waals surface area contributed by atoms with Crippen molar-refractivity contribution >= 4 is 23.2 Å². The molecule has 1 fully saturated rings. The average molecular weight is 301 g/mol. The van der Waals surface area contributed by atoms with E-state index in [9.17, 15) is 0 Å². The van der Waals surface area contributed by atoms with Crippen molar-refractivity contribution in [2.24, 2.45) is 5.41 Å². The second-order valence-electron chi connectivity index (χ2n) is 6.22. The molecule has 0 saturated carbocycles. The Morgan fingerprint density at radius 3 is 2.32 bits per heavy atom. The van der Waals surface area contributed by atoms with Crippen LogP contribution in [-0.4, -0.2) is 31.1 Å². The highest BCUT2D eigenvalue weighted by molar-refractivity contribution is 6.35. The first-order valence-corrected chi connectivity index (χ1v) is 7.55. The Bertz CT molecular complexity index is 434. The van der Waals surface area contributed by atoms with Gasteiger partial charge in [0.1, 0.15) is 0 Å². The van der Waals surface area contributed by atoms with E-state index in [1.54, 1.807) is 0 Å². The molecule has 1 N–H and O–H groups in total. The number of halogens is 2. The molecule has 1 saturated heterocycles. The maximum absolute atomic E-state index is 6.42. The number of rotatable bonds is 2. The Morgan fingerprint density at radius 2 is 1.79 bits per heavy atom. The lowest BCUT2D eigenvalue weighted by Crippen LogP contribution is -2.48. The molecule has 2 nitrogen and oxygen atoms in total. The molecule has 0 unspecified atom stereocenters. The van der Waals surface area contributed by atoms with Crippen LogP contribution in [0.1, 0.15) is 32.4 Å². The Hall–Kier alpha value is -0.280. The fourth-order valence-electron chi connectivity index (χ4n) is 2.87. The molecule has 1 aromatic rings. The van der Waals surface area contributed by atoms with Crippen molar-refractivity contribution in [3.05, 3.63) is 33.8 Å². The molecule has 0 amide bonds. The van der Waals surface area contributed by atoms with E-state index in [0.717, 1.165) is 31.2 Å². The van der Waals surface area contributed by atoms with Gasteiger partial charge >= 0.3 is 0 Å². The van der Waals surface area contributed by atoms with Gasteiger partial charge in [0.25, 0.3) is 0 Å². The molecule has 0 spiro atoms. The van der Waals surface area contributed by atoms with Crippen LogP contribution in [-0.2, 0) is 0 Å². The summed E-state index contributed by atoms with van der Waals surface area (Å²) in [6.07, 6.45) is 0. The third kappa shape index (κ3) is 3.63. The van der Waals surface area contributed by atoms with Crippen molar-refractivity contribution < 1.29 is 0 Å². The summed E-state index contributed by atoms with van der Waals surface area (Å²) in [6.45, 7) is 11.0. The normalized spacial score (nSPS) is 19.4. The SMILES string of the molecule is CC(C)(C)[C@H](c1ccc(Cl)cc1Cl)N1CCNCC1. The van der Waals surface area contributed by atoms with Crippen LogP contribution in [0.2, 0.25) is 10.0 Å².